The average Bonchev–Trinajstić information content (AvgIpc) is 2.79. The van der Waals surface area contributed by atoms with Crippen LogP contribution in [0.4, 0.5) is 8.78 Å². The Balaban J connectivity index is 0.000000340. The van der Waals surface area contributed by atoms with Crippen LogP contribution in [0.5, 0.6) is 0 Å². The van der Waals surface area contributed by atoms with Crippen LogP contribution < -0.4 is 10.5 Å². The highest BCUT2D eigenvalue weighted by molar-refractivity contribution is 7.96. The van der Waals surface area contributed by atoms with Gasteiger partial charge < -0.3 is 30.2 Å². The zero-order valence-corrected chi connectivity index (χ0v) is 20.1. The molecule has 2 aliphatic rings. The van der Waals surface area contributed by atoms with E-state index in [1.807, 2.05) is 0 Å². The van der Waals surface area contributed by atoms with Crippen molar-refractivity contribution < 1.29 is 67.3 Å². The fraction of sp³-hybridized carbons (Fsp3) is 0.889. The summed E-state index contributed by atoms with van der Waals surface area (Å²) in [5.41, 5.74) is 0. The zero-order chi connectivity index (χ0) is 25.8. The van der Waals surface area contributed by atoms with Crippen molar-refractivity contribution in [3.63, 3.8) is 0 Å². The van der Waals surface area contributed by atoms with Crippen molar-refractivity contribution in [2.45, 2.75) is 99.6 Å². The molecule has 2 aliphatic carbocycles. The highest BCUT2D eigenvalue weighted by Gasteiger charge is 2.41. The number of alkyl halides is 2. The Bertz CT molecular complexity index is 576. The molecule has 2 rings (SSSR count). The van der Waals surface area contributed by atoms with Gasteiger partial charge in [0, 0.05) is 0 Å². The third-order valence-corrected chi connectivity index (χ3v) is 6.22. The Morgan fingerprint density at radius 2 is 1.09 bits per heavy atom. The van der Waals surface area contributed by atoms with Crippen LogP contribution in [-0.2, 0) is 37.8 Å². The molecule has 0 aromatic rings. The van der Waals surface area contributed by atoms with E-state index >= 15 is 0 Å². The van der Waals surface area contributed by atoms with E-state index in [2.05, 4.69) is 18.7 Å². The van der Waals surface area contributed by atoms with Crippen LogP contribution >= 0.6 is 24.1 Å². The molecule has 2 saturated carbocycles. The molecule has 6 unspecified atom stereocenters. The minimum absolute atomic E-state index is 0.0809. The summed E-state index contributed by atoms with van der Waals surface area (Å²) in [4.78, 5) is 22.8. The van der Waals surface area contributed by atoms with Gasteiger partial charge in [-0.1, -0.05) is 12.8 Å². The summed E-state index contributed by atoms with van der Waals surface area (Å²) in [5, 5.41) is 39.0. The molecule has 0 aromatic carbocycles. The molecular weight excluding hydrogens is 510 g/mol. The minimum atomic E-state index is -2.55. The number of aliphatic hydroxyl groups excluding tert-OH is 2. The molecule has 34 heavy (non-hydrogen) atoms. The van der Waals surface area contributed by atoms with E-state index in [0.717, 1.165) is 39.5 Å². The van der Waals surface area contributed by atoms with Gasteiger partial charge in [-0.05, 0) is 52.4 Å². The molecule has 2 N–H and O–H groups in total. The van der Waals surface area contributed by atoms with Crippen molar-refractivity contribution in [2.24, 2.45) is 0 Å². The molecule has 0 radical (unpaired) electrons. The minimum Gasteiger partial charge on any atom is -0.691 e. The summed E-state index contributed by atoms with van der Waals surface area (Å²) in [7, 11) is 0. The summed E-state index contributed by atoms with van der Waals surface area (Å²) in [6, 6.07) is 0. The number of carbonyl (C=O) groups is 2. The van der Waals surface area contributed by atoms with E-state index in [9.17, 15) is 39.1 Å². The lowest BCUT2D eigenvalue weighted by atomic mass is 9.95. The number of esters is 2. The summed E-state index contributed by atoms with van der Waals surface area (Å²) >= 11 is -0.162. The number of rotatable bonds is 10. The lowest BCUT2D eigenvalue weighted by Gasteiger charge is -2.29. The monoisotopic (exact) mass is 538 g/mol. The predicted octanol–water partition coefficient (Wildman–Crippen LogP) is 0.781. The third kappa shape index (κ3) is 10.8. The van der Waals surface area contributed by atoms with Crippen molar-refractivity contribution in [1.29, 1.82) is 0 Å². The summed E-state index contributed by atoms with van der Waals surface area (Å²) in [5.74, 6) is -2.41. The number of aliphatic hydroxyl groups is 2. The maximum Gasteiger partial charge on any atom is 0.357 e. The van der Waals surface area contributed by atoms with Gasteiger partial charge in [-0.15, -0.1) is 0 Å². The Hall–Kier alpha value is -0.820. The Morgan fingerprint density at radius 1 is 0.765 bits per heavy atom. The summed E-state index contributed by atoms with van der Waals surface area (Å²) in [6.45, 7) is 1.77. The number of carbonyl (C=O) groups excluding carboxylic acids is 2. The summed E-state index contributed by atoms with van der Waals surface area (Å²) in [6.07, 6.45) is 2.39. The second-order valence-corrected chi connectivity index (χ2v) is 10.0. The zero-order valence-electron chi connectivity index (χ0n) is 18.5. The molecule has 2 fully saturated rings. The molecule has 200 valence electrons. The van der Waals surface area contributed by atoms with E-state index in [-0.39, 0.29) is 24.1 Å². The van der Waals surface area contributed by atoms with Crippen LogP contribution in [0.3, 0.4) is 0 Å². The van der Waals surface area contributed by atoms with Crippen LogP contribution in [0, 0.1) is 0 Å². The third-order valence-electron chi connectivity index (χ3n) is 5.02. The smallest absolute Gasteiger partial charge is 0.357 e. The second-order valence-electron chi connectivity index (χ2n) is 7.86. The molecular formula is C18H28F2O12S2-2. The molecule has 0 spiro atoms. The van der Waals surface area contributed by atoms with Gasteiger partial charge in [-0.25, -0.2) is 18.4 Å². The molecule has 0 saturated heterocycles. The van der Waals surface area contributed by atoms with Crippen molar-refractivity contribution in [1.82, 2.24) is 0 Å². The van der Waals surface area contributed by atoms with E-state index in [0.29, 0.717) is 25.7 Å². The van der Waals surface area contributed by atoms with Gasteiger partial charge in [-0.3, -0.25) is 10.1 Å². The van der Waals surface area contributed by atoms with Crippen LogP contribution in [-0.4, -0.2) is 56.6 Å². The Kier molecular flexibility index (Phi) is 14.1. The molecule has 0 amide bonds. The van der Waals surface area contributed by atoms with Gasteiger partial charge in [-0.2, -0.15) is 8.67 Å². The maximum atomic E-state index is 13.6. The normalized spacial score (nSPS) is 28.5. The lowest BCUT2D eigenvalue weighted by Crippen LogP contribution is -2.39. The number of ether oxygens (including phenoxy) is 2. The number of halogens is 2. The average molecular weight is 539 g/mol. The first-order chi connectivity index (χ1) is 15.9. The lowest BCUT2D eigenvalue weighted by molar-refractivity contribution is -0.777. The molecule has 12 nitrogen and oxygen atoms in total. The summed E-state index contributed by atoms with van der Waals surface area (Å²) < 4.78 is 44.4. The Labute approximate surface area is 203 Å². The van der Waals surface area contributed by atoms with E-state index in [4.69, 9.17) is 9.47 Å². The van der Waals surface area contributed by atoms with E-state index in [1.165, 1.54) is 0 Å². The second kappa shape index (κ2) is 15.3. The fourth-order valence-corrected chi connectivity index (χ4v) is 3.68. The largest absolute Gasteiger partial charge is 0.691 e. The van der Waals surface area contributed by atoms with Crippen LogP contribution in [0.2, 0.25) is 0 Å². The topological polar surface area (TPSA) is 176 Å². The van der Waals surface area contributed by atoms with Gasteiger partial charge in [0.05, 0.1) is 36.3 Å². The maximum absolute atomic E-state index is 13.6. The number of hydrogen-bond donors (Lipinski definition) is 2. The van der Waals surface area contributed by atoms with Crippen molar-refractivity contribution in [3.8, 4) is 0 Å². The van der Waals surface area contributed by atoms with Gasteiger partial charge in [0.25, 0.3) is 10.0 Å². The highest BCUT2D eigenvalue weighted by Crippen LogP contribution is 2.32. The van der Waals surface area contributed by atoms with E-state index in [1.54, 1.807) is 0 Å². The van der Waals surface area contributed by atoms with Gasteiger partial charge in [0.15, 0.2) is 0 Å². The van der Waals surface area contributed by atoms with Crippen LogP contribution in [0.25, 0.3) is 0 Å². The van der Waals surface area contributed by atoms with Crippen molar-refractivity contribution in [3.05, 3.63) is 0 Å². The predicted molar refractivity (Wildman–Crippen MR) is 107 cm³/mol. The van der Waals surface area contributed by atoms with Crippen LogP contribution in [0.1, 0.15) is 65.2 Å². The molecule has 0 aromatic heterocycles. The van der Waals surface area contributed by atoms with Crippen molar-refractivity contribution >= 4 is 36.0 Å². The van der Waals surface area contributed by atoms with Gasteiger partial charge in [0.2, 0.25) is 0 Å². The first kappa shape index (κ1) is 31.2. The molecule has 16 heteroatoms. The Morgan fingerprint density at radius 3 is 1.38 bits per heavy atom. The number of hydrogen-bond acceptors (Lipinski definition) is 14. The first-order valence-corrected chi connectivity index (χ1v) is 11.9. The SMILES string of the molecule is CC(F)(SOO[O-])C(=O)OC1CCCCC1O.CC(F)(SOO[O-])C(=O)OC1CCCCC1O. The molecule has 0 bridgehead atoms. The van der Waals surface area contributed by atoms with E-state index < -0.39 is 46.4 Å². The van der Waals surface area contributed by atoms with Gasteiger partial charge >= 0.3 is 11.9 Å². The molecule has 0 aliphatic heterocycles. The van der Waals surface area contributed by atoms with Crippen molar-refractivity contribution in [2.75, 3.05) is 0 Å². The first-order valence-electron chi connectivity index (χ1n) is 10.4. The molecule has 0 heterocycles. The van der Waals surface area contributed by atoms with Crippen LogP contribution in [0.15, 0.2) is 0 Å². The fourth-order valence-electron chi connectivity index (χ4n) is 3.14. The highest BCUT2D eigenvalue weighted by atomic mass is 32.2. The standard InChI is InChI=1S/2C9H15FO6S/c2*1-9(10,17-16-15-13)8(12)14-7-5-3-2-4-6(7)11/h2*6-7,11,13H,2-5H2,1H3/p-2. The molecule has 6 atom stereocenters. The van der Waals surface area contributed by atoms with Gasteiger partial charge in [0.1, 0.15) is 12.2 Å². The quantitative estimate of drug-likeness (QED) is 0.173.